The lowest BCUT2D eigenvalue weighted by Gasteiger charge is -2.07. The minimum Gasteiger partial charge on any atom is -0.488 e. The number of hydrogen-bond acceptors (Lipinski definition) is 5. The second kappa shape index (κ2) is 7.12. The topological polar surface area (TPSA) is 61.6 Å². The SMILES string of the molecule is O=[N+]([O-])c1cc(F)c(OCCOCCS)cc1F. The number of thiol groups is 1. The predicted octanol–water partition coefficient (Wildman–Crippen LogP) is 2.20. The van der Waals surface area contributed by atoms with Gasteiger partial charge < -0.3 is 9.47 Å². The lowest BCUT2D eigenvalue weighted by Crippen LogP contribution is -2.09. The van der Waals surface area contributed by atoms with Gasteiger partial charge in [-0.3, -0.25) is 10.1 Å². The minimum atomic E-state index is -1.15. The van der Waals surface area contributed by atoms with Crippen LogP contribution in [0.3, 0.4) is 0 Å². The van der Waals surface area contributed by atoms with Gasteiger partial charge in [0.15, 0.2) is 11.6 Å². The van der Waals surface area contributed by atoms with Crippen LogP contribution in [0.1, 0.15) is 0 Å². The summed E-state index contributed by atoms with van der Waals surface area (Å²) in [5.41, 5.74) is -0.925. The van der Waals surface area contributed by atoms with Crippen molar-refractivity contribution in [3.63, 3.8) is 0 Å². The highest BCUT2D eigenvalue weighted by molar-refractivity contribution is 7.80. The molecule has 0 aliphatic heterocycles. The predicted molar refractivity (Wildman–Crippen MR) is 63.2 cm³/mol. The van der Waals surface area contributed by atoms with E-state index in [-0.39, 0.29) is 19.0 Å². The van der Waals surface area contributed by atoms with E-state index >= 15 is 0 Å². The van der Waals surface area contributed by atoms with Crippen LogP contribution in [0, 0.1) is 21.7 Å². The molecule has 0 aliphatic rings. The lowest BCUT2D eigenvalue weighted by atomic mass is 10.3. The van der Waals surface area contributed by atoms with Gasteiger partial charge in [-0.15, -0.1) is 0 Å². The largest absolute Gasteiger partial charge is 0.488 e. The average Bonchev–Trinajstić information content (AvgIpc) is 2.32. The summed E-state index contributed by atoms with van der Waals surface area (Å²) in [5.74, 6) is -1.97. The average molecular weight is 279 g/mol. The first-order valence-electron chi connectivity index (χ1n) is 5.01. The normalized spacial score (nSPS) is 10.4. The van der Waals surface area contributed by atoms with Gasteiger partial charge in [0.05, 0.1) is 24.2 Å². The molecule has 0 aromatic heterocycles. The highest BCUT2D eigenvalue weighted by atomic mass is 32.1. The van der Waals surface area contributed by atoms with Gasteiger partial charge in [0.25, 0.3) is 0 Å². The third-order valence-electron chi connectivity index (χ3n) is 1.92. The summed E-state index contributed by atoms with van der Waals surface area (Å²) >= 11 is 3.91. The zero-order valence-corrected chi connectivity index (χ0v) is 10.2. The summed E-state index contributed by atoms with van der Waals surface area (Å²) < 4.78 is 36.4. The molecule has 18 heavy (non-hydrogen) atoms. The Morgan fingerprint density at radius 2 is 1.94 bits per heavy atom. The molecule has 0 unspecified atom stereocenters. The van der Waals surface area contributed by atoms with Gasteiger partial charge in [-0.2, -0.15) is 17.0 Å². The molecular weight excluding hydrogens is 268 g/mol. The van der Waals surface area contributed by atoms with E-state index in [2.05, 4.69) is 12.6 Å². The number of ether oxygens (including phenoxy) is 2. The van der Waals surface area contributed by atoms with E-state index in [1.54, 1.807) is 0 Å². The van der Waals surface area contributed by atoms with Crippen LogP contribution < -0.4 is 4.74 Å². The summed E-state index contributed by atoms with van der Waals surface area (Å²) in [6, 6.07) is 1.13. The molecule has 1 aromatic rings. The first-order valence-corrected chi connectivity index (χ1v) is 5.64. The Morgan fingerprint density at radius 1 is 1.22 bits per heavy atom. The van der Waals surface area contributed by atoms with Gasteiger partial charge >= 0.3 is 5.69 Å². The van der Waals surface area contributed by atoms with Crippen LogP contribution in [0.2, 0.25) is 0 Å². The van der Waals surface area contributed by atoms with Crippen molar-refractivity contribution in [1.29, 1.82) is 0 Å². The van der Waals surface area contributed by atoms with Crippen LogP contribution in [0.4, 0.5) is 14.5 Å². The number of nitro groups is 1. The van der Waals surface area contributed by atoms with Crippen molar-refractivity contribution >= 4 is 18.3 Å². The lowest BCUT2D eigenvalue weighted by molar-refractivity contribution is -0.387. The Labute approximate surface area is 107 Å². The van der Waals surface area contributed by atoms with Crippen molar-refractivity contribution in [3.05, 3.63) is 33.9 Å². The quantitative estimate of drug-likeness (QED) is 0.360. The molecule has 0 saturated heterocycles. The van der Waals surface area contributed by atoms with E-state index in [4.69, 9.17) is 9.47 Å². The highest BCUT2D eigenvalue weighted by Crippen LogP contribution is 2.26. The fraction of sp³-hybridized carbons (Fsp3) is 0.400. The maximum absolute atomic E-state index is 13.3. The molecular formula is C10H11F2NO4S. The smallest absolute Gasteiger partial charge is 0.307 e. The third-order valence-corrected chi connectivity index (χ3v) is 2.10. The van der Waals surface area contributed by atoms with Gasteiger partial charge in [0.2, 0.25) is 5.82 Å². The van der Waals surface area contributed by atoms with Crippen LogP contribution in [0.5, 0.6) is 5.75 Å². The van der Waals surface area contributed by atoms with Crippen LogP contribution in [0.25, 0.3) is 0 Å². The summed E-state index contributed by atoms with van der Waals surface area (Å²) in [5, 5.41) is 10.3. The van der Waals surface area contributed by atoms with Crippen molar-refractivity contribution in [2.45, 2.75) is 0 Å². The zero-order chi connectivity index (χ0) is 13.5. The summed E-state index contributed by atoms with van der Waals surface area (Å²) in [4.78, 5) is 9.35. The van der Waals surface area contributed by atoms with E-state index in [0.29, 0.717) is 24.5 Å². The molecule has 100 valence electrons. The number of halogens is 2. The Kier molecular flexibility index (Phi) is 5.79. The molecule has 0 bridgehead atoms. The zero-order valence-electron chi connectivity index (χ0n) is 9.27. The Bertz CT molecular complexity index is 431. The fourth-order valence-corrected chi connectivity index (χ4v) is 1.27. The van der Waals surface area contributed by atoms with Crippen molar-refractivity contribution in [1.82, 2.24) is 0 Å². The molecule has 0 N–H and O–H groups in total. The van der Waals surface area contributed by atoms with Gasteiger partial charge in [-0.1, -0.05) is 0 Å². The molecule has 0 spiro atoms. The molecule has 0 saturated carbocycles. The molecule has 0 fully saturated rings. The van der Waals surface area contributed by atoms with E-state index in [1.165, 1.54) is 0 Å². The van der Waals surface area contributed by atoms with Crippen LogP contribution in [0.15, 0.2) is 12.1 Å². The highest BCUT2D eigenvalue weighted by Gasteiger charge is 2.19. The van der Waals surface area contributed by atoms with Gasteiger partial charge in [-0.05, 0) is 0 Å². The van der Waals surface area contributed by atoms with E-state index < -0.39 is 22.2 Å². The van der Waals surface area contributed by atoms with E-state index in [9.17, 15) is 18.9 Å². The van der Waals surface area contributed by atoms with Crippen molar-refractivity contribution in [3.8, 4) is 5.75 Å². The van der Waals surface area contributed by atoms with Gasteiger partial charge in [0, 0.05) is 11.8 Å². The second-order valence-electron chi connectivity index (χ2n) is 3.18. The van der Waals surface area contributed by atoms with Crippen molar-refractivity contribution < 1.29 is 23.2 Å². The molecule has 8 heteroatoms. The van der Waals surface area contributed by atoms with Crippen LogP contribution >= 0.6 is 12.6 Å². The molecule has 5 nitrogen and oxygen atoms in total. The number of benzene rings is 1. The van der Waals surface area contributed by atoms with Crippen LogP contribution in [-0.4, -0.2) is 30.5 Å². The minimum absolute atomic E-state index is 0.0158. The maximum atomic E-state index is 13.3. The summed E-state index contributed by atoms with van der Waals surface area (Å²) in [6.07, 6.45) is 0. The van der Waals surface area contributed by atoms with E-state index in [0.717, 1.165) is 0 Å². The summed E-state index contributed by atoms with van der Waals surface area (Å²) in [7, 11) is 0. The van der Waals surface area contributed by atoms with Crippen molar-refractivity contribution in [2.75, 3.05) is 25.6 Å². The fourth-order valence-electron chi connectivity index (χ4n) is 1.15. The molecule has 0 radical (unpaired) electrons. The van der Waals surface area contributed by atoms with Gasteiger partial charge in [-0.25, -0.2) is 4.39 Å². The summed E-state index contributed by atoms with van der Waals surface area (Å²) in [6.45, 7) is 0.629. The van der Waals surface area contributed by atoms with E-state index in [1.807, 2.05) is 0 Å². The number of nitrogens with zero attached hydrogens (tertiary/aromatic N) is 1. The number of rotatable bonds is 7. The Balaban J connectivity index is 2.62. The number of nitro benzene ring substituents is 1. The molecule has 0 heterocycles. The molecule has 1 rings (SSSR count). The molecule has 1 aromatic carbocycles. The Hall–Kier alpha value is -1.41. The number of hydrogen-bond donors (Lipinski definition) is 1. The monoisotopic (exact) mass is 279 g/mol. The molecule has 0 aliphatic carbocycles. The Morgan fingerprint density at radius 3 is 2.56 bits per heavy atom. The van der Waals surface area contributed by atoms with Crippen molar-refractivity contribution in [2.24, 2.45) is 0 Å². The molecule has 0 atom stereocenters. The third kappa shape index (κ3) is 4.11. The van der Waals surface area contributed by atoms with Gasteiger partial charge in [0.1, 0.15) is 6.61 Å². The first kappa shape index (κ1) is 14.7. The standard InChI is InChI=1S/C10H11F2NO4S/c11-7-6-10(17-2-1-16-3-4-18)8(12)5-9(7)13(14)15/h5-6,18H,1-4H2. The first-order chi connectivity index (χ1) is 8.56. The maximum Gasteiger partial charge on any atom is 0.307 e. The second-order valence-corrected chi connectivity index (χ2v) is 3.62. The van der Waals surface area contributed by atoms with Crippen LogP contribution in [-0.2, 0) is 4.74 Å². The molecule has 0 amide bonds.